The molecule has 0 unspecified atom stereocenters. The van der Waals surface area contributed by atoms with Gasteiger partial charge in [-0.2, -0.15) is 0 Å². The SMILES string of the molecule is Cc1ccc(C)c(N2C(=O)C(c3cccs3)=C(N(C)CCO)C2=O)c1. The number of aliphatic hydroxyl groups is 1. The number of hydrogen-bond acceptors (Lipinski definition) is 5. The molecule has 1 aliphatic rings. The Morgan fingerprint density at radius 2 is 1.92 bits per heavy atom. The summed E-state index contributed by atoms with van der Waals surface area (Å²) in [7, 11) is 1.72. The maximum atomic E-state index is 13.2. The molecule has 0 aliphatic carbocycles. The van der Waals surface area contributed by atoms with Crippen molar-refractivity contribution in [2.75, 3.05) is 25.1 Å². The summed E-state index contributed by atoms with van der Waals surface area (Å²) in [5.74, 6) is -0.668. The Balaban J connectivity index is 2.14. The standard InChI is InChI=1S/C19H20N2O3S/c1-12-6-7-13(2)14(11-12)21-18(23)16(15-5-4-10-25-15)17(19(21)24)20(3)8-9-22/h4-7,10-11,22H,8-9H2,1-3H3. The molecule has 0 saturated carbocycles. The van der Waals surface area contributed by atoms with Crippen LogP contribution in [0.1, 0.15) is 16.0 Å². The Morgan fingerprint density at radius 1 is 1.16 bits per heavy atom. The molecule has 2 heterocycles. The largest absolute Gasteiger partial charge is 0.395 e. The maximum absolute atomic E-state index is 13.2. The van der Waals surface area contributed by atoms with Gasteiger partial charge in [0.1, 0.15) is 5.70 Å². The van der Waals surface area contributed by atoms with Crippen LogP contribution < -0.4 is 4.90 Å². The van der Waals surface area contributed by atoms with Crippen molar-refractivity contribution in [3.63, 3.8) is 0 Å². The lowest BCUT2D eigenvalue weighted by molar-refractivity contribution is -0.120. The summed E-state index contributed by atoms with van der Waals surface area (Å²) in [6, 6.07) is 9.41. The molecule has 130 valence electrons. The van der Waals surface area contributed by atoms with Gasteiger partial charge in [-0.05, 0) is 42.5 Å². The Morgan fingerprint density at radius 3 is 2.56 bits per heavy atom. The zero-order chi connectivity index (χ0) is 18.1. The maximum Gasteiger partial charge on any atom is 0.282 e. The number of anilines is 1. The molecular weight excluding hydrogens is 336 g/mol. The second-order valence-electron chi connectivity index (χ2n) is 6.08. The van der Waals surface area contributed by atoms with Gasteiger partial charge in [0.05, 0.1) is 17.9 Å². The van der Waals surface area contributed by atoms with Crippen LogP contribution in [0.3, 0.4) is 0 Å². The number of carbonyl (C=O) groups excluding carboxylic acids is 2. The minimum atomic E-state index is -0.349. The van der Waals surface area contributed by atoms with E-state index in [2.05, 4.69) is 0 Å². The van der Waals surface area contributed by atoms with Crippen LogP contribution in [0.5, 0.6) is 0 Å². The third-order valence-electron chi connectivity index (χ3n) is 4.25. The van der Waals surface area contributed by atoms with E-state index >= 15 is 0 Å². The average Bonchev–Trinajstić information content (AvgIpc) is 3.17. The van der Waals surface area contributed by atoms with Crippen molar-refractivity contribution in [1.29, 1.82) is 0 Å². The smallest absolute Gasteiger partial charge is 0.282 e. The summed E-state index contributed by atoms with van der Waals surface area (Å²) < 4.78 is 0. The normalized spacial score (nSPS) is 14.6. The van der Waals surface area contributed by atoms with Gasteiger partial charge in [0.15, 0.2) is 0 Å². The average molecular weight is 356 g/mol. The van der Waals surface area contributed by atoms with Gasteiger partial charge in [-0.25, -0.2) is 4.90 Å². The van der Waals surface area contributed by atoms with E-state index in [4.69, 9.17) is 0 Å². The molecule has 5 nitrogen and oxygen atoms in total. The Bertz CT molecular complexity index is 856. The van der Waals surface area contributed by atoms with Gasteiger partial charge in [-0.15, -0.1) is 11.3 Å². The first-order valence-electron chi connectivity index (χ1n) is 8.02. The highest BCUT2D eigenvalue weighted by Gasteiger charge is 2.42. The van der Waals surface area contributed by atoms with Crippen LogP contribution in [-0.2, 0) is 9.59 Å². The lowest BCUT2D eigenvalue weighted by Gasteiger charge is -2.21. The molecule has 2 amide bonds. The molecule has 0 saturated heterocycles. The highest BCUT2D eigenvalue weighted by atomic mass is 32.1. The van der Waals surface area contributed by atoms with Crippen molar-refractivity contribution < 1.29 is 14.7 Å². The van der Waals surface area contributed by atoms with Crippen molar-refractivity contribution in [3.8, 4) is 0 Å². The van der Waals surface area contributed by atoms with Crippen LogP contribution >= 0.6 is 11.3 Å². The van der Waals surface area contributed by atoms with E-state index in [9.17, 15) is 14.7 Å². The van der Waals surface area contributed by atoms with E-state index in [1.807, 2.05) is 49.6 Å². The molecule has 1 aromatic carbocycles. The molecule has 0 bridgehead atoms. The molecule has 1 aromatic heterocycles. The van der Waals surface area contributed by atoms with E-state index in [0.717, 1.165) is 16.0 Å². The number of amides is 2. The summed E-state index contributed by atoms with van der Waals surface area (Å²) in [5, 5.41) is 11.1. The summed E-state index contributed by atoms with van der Waals surface area (Å²) >= 11 is 1.42. The molecule has 1 N–H and O–H groups in total. The molecule has 0 radical (unpaired) electrons. The zero-order valence-electron chi connectivity index (χ0n) is 14.4. The Labute approximate surface area is 150 Å². The lowest BCUT2D eigenvalue weighted by atomic mass is 10.1. The third kappa shape index (κ3) is 2.99. The van der Waals surface area contributed by atoms with Gasteiger partial charge < -0.3 is 10.0 Å². The molecule has 0 fully saturated rings. The predicted octanol–water partition coefficient (Wildman–Crippen LogP) is 2.57. The van der Waals surface area contributed by atoms with E-state index in [1.165, 1.54) is 16.2 Å². The minimum absolute atomic E-state index is 0.0946. The van der Waals surface area contributed by atoms with E-state index in [1.54, 1.807) is 11.9 Å². The molecule has 25 heavy (non-hydrogen) atoms. The van der Waals surface area contributed by atoms with Crippen molar-refractivity contribution in [1.82, 2.24) is 4.90 Å². The van der Waals surface area contributed by atoms with Crippen LogP contribution in [0.15, 0.2) is 41.4 Å². The van der Waals surface area contributed by atoms with E-state index in [-0.39, 0.29) is 25.0 Å². The molecule has 2 aromatic rings. The molecule has 0 atom stereocenters. The van der Waals surface area contributed by atoms with Gasteiger partial charge in [0.25, 0.3) is 11.8 Å². The zero-order valence-corrected chi connectivity index (χ0v) is 15.3. The fraction of sp³-hybridized carbons (Fsp3) is 0.263. The number of thiophene rings is 1. The number of likely N-dealkylation sites (N-methyl/N-ethyl adjacent to an activating group) is 1. The first kappa shape index (κ1) is 17.4. The number of aryl methyl sites for hydroxylation is 2. The number of hydrogen-bond donors (Lipinski definition) is 1. The van der Waals surface area contributed by atoms with Crippen LogP contribution in [0.2, 0.25) is 0 Å². The van der Waals surface area contributed by atoms with Crippen molar-refractivity contribution >= 4 is 34.4 Å². The highest BCUT2D eigenvalue weighted by molar-refractivity contribution is 7.11. The number of rotatable bonds is 5. The minimum Gasteiger partial charge on any atom is -0.395 e. The second kappa shape index (κ2) is 6.82. The first-order valence-corrected chi connectivity index (χ1v) is 8.90. The van der Waals surface area contributed by atoms with Crippen LogP contribution in [0.25, 0.3) is 5.57 Å². The van der Waals surface area contributed by atoms with Gasteiger partial charge >= 0.3 is 0 Å². The number of aliphatic hydroxyl groups excluding tert-OH is 1. The molecule has 0 spiro atoms. The van der Waals surface area contributed by atoms with Crippen LogP contribution in [0.4, 0.5) is 5.69 Å². The number of imide groups is 1. The van der Waals surface area contributed by atoms with Crippen molar-refractivity contribution in [2.24, 2.45) is 0 Å². The fourth-order valence-corrected chi connectivity index (χ4v) is 3.72. The Hall–Kier alpha value is -2.44. The van der Waals surface area contributed by atoms with E-state index in [0.29, 0.717) is 17.0 Å². The fourth-order valence-electron chi connectivity index (χ4n) is 2.96. The number of nitrogens with zero attached hydrogens (tertiary/aromatic N) is 2. The third-order valence-corrected chi connectivity index (χ3v) is 5.14. The first-order chi connectivity index (χ1) is 12.0. The molecule has 3 rings (SSSR count). The second-order valence-corrected chi connectivity index (χ2v) is 7.03. The van der Waals surface area contributed by atoms with Gasteiger partial charge in [-0.1, -0.05) is 18.2 Å². The van der Waals surface area contributed by atoms with Crippen LogP contribution in [-0.4, -0.2) is 42.0 Å². The summed E-state index contributed by atoms with van der Waals surface area (Å²) in [4.78, 5) is 30.0. The predicted molar refractivity (Wildman–Crippen MR) is 99.4 cm³/mol. The quantitative estimate of drug-likeness (QED) is 0.837. The summed E-state index contributed by atoms with van der Waals surface area (Å²) in [6.07, 6.45) is 0. The number of benzene rings is 1. The monoisotopic (exact) mass is 356 g/mol. The topological polar surface area (TPSA) is 60.9 Å². The molecular formula is C19H20N2O3S. The highest BCUT2D eigenvalue weighted by Crippen LogP contribution is 2.37. The molecule has 6 heteroatoms. The van der Waals surface area contributed by atoms with Gasteiger partial charge in [-0.3, -0.25) is 9.59 Å². The van der Waals surface area contributed by atoms with E-state index < -0.39 is 0 Å². The van der Waals surface area contributed by atoms with Crippen molar-refractivity contribution in [2.45, 2.75) is 13.8 Å². The summed E-state index contributed by atoms with van der Waals surface area (Å²) in [6.45, 7) is 4.00. The Kier molecular flexibility index (Phi) is 4.74. The van der Waals surface area contributed by atoms with Crippen LogP contribution in [0, 0.1) is 13.8 Å². The number of carbonyl (C=O) groups is 2. The molecule has 1 aliphatic heterocycles. The lowest BCUT2D eigenvalue weighted by Crippen LogP contribution is -2.35. The van der Waals surface area contributed by atoms with Gasteiger partial charge in [0.2, 0.25) is 0 Å². The summed E-state index contributed by atoms with van der Waals surface area (Å²) in [5.41, 5.74) is 3.19. The van der Waals surface area contributed by atoms with Crippen molar-refractivity contribution in [3.05, 3.63) is 57.4 Å². The van der Waals surface area contributed by atoms with Gasteiger partial charge in [0, 0.05) is 18.5 Å².